The van der Waals surface area contributed by atoms with E-state index in [4.69, 9.17) is 5.11 Å². The van der Waals surface area contributed by atoms with E-state index in [0.717, 1.165) is 12.8 Å². The summed E-state index contributed by atoms with van der Waals surface area (Å²) < 4.78 is 0. The predicted octanol–water partition coefficient (Wildman–Crippen LogP) is 4.14. The Morgan fingerprint density at radius 1 is 0.958 bits per heavy atom. The maximum atomic E-state index is 11.4. The van der Waals surface area contributed by atoms with Gasteiger partial charge in [-0.15, -0.1) is 0 Å². The van der Waals surface area contributed by atoms with E-state index in [0.29, 0.717) is 12.8 Å². The third-order valence-electron chi connectivity index (χ3n) is 2.98. The van der Waals surface area contributed by atoms with Gasteiger partial charge >= 0.3 is 5.97 Å². The molecule has 0 rings (SSSR count). The van der Waals surface area contributed by atoms with Crippen LogP contribution >= 0.6 is 0 Å². The second-order valence-corrected chi connectivity index (χ2v) is 5.23. The zero-order valence-electron chi connectivity index (χ0n) is 14.3. The molecular formula is C20H28O4. The largest absolute Gasteiger partial charge is 0.481 e. The molecule has 0 saturated carbocycles. The van der Waals surface area contributed by atoms with Gasteiger partial charge in [0.15, 0.2) is 5.78 Å². The average molecular weight is 332 g/mol. The predicted molar refractivity (Wildman–Crippen MR) is 97.7 cm³/mol. The van der Waals surface area contributed by atoms with E-state index >= 15 is 0 Å². The molecule has 4 nitrogen and oxygen atoms in total. The number of hydrogen-bond acceptors (Lipinski definition) is 3. The lowest BCUT2D eigenvalue weighted by atomic mass is 10.1. The van der Waals surface area contributed by atoms with Gasteiger partial charge in [0.2, 0.25) is 0 Å². The molecule has 0 radical (unpaired) electrons. The lowest BCUT2D eigenvalue weighted by Gasteiger charge is -1.98. The highest BCUT2D eigenvalue weighted by Gasteiger charge is 1.99. The van der Waals surface area contributed by atoms with Crippen molar-refractivity contribution >= 4 is 11.8 Å². The molecule has 0 spiro atoms. The summed E-state index contributed by atoms with van der Waals surface area (Å²) in [6.45, 7) is 2.09. The maximum absolute atomic E-state index is 11.4. The molecule has 0 aromatic rings. The van der Waals surface area contributed by atoms with Crippen LogP contribution in [0.25, 0.3) is 0 Å². The highest BCUT2D eigenvalue weighted by Crippen LogP contribution is 1.99. The van der Waals surface area contributed by atoms with Crippen LogP contribution in [0, 0.1) is 0 Å². The second-order valence-electron chi connectivity index (χ2n) is 5.23. The molecule has 0 heterocycles. The Labute approximate surface area is 144 Å². The summed E-state index contributed by atoms with van der Waals surface area (Å²) in [4.78, 5) is 21.7. The Bertz CT molecular complexity index is 496. The van der Waals surface area contributed by atoms with Crippen molar-refractivity contribution in [3.63, 3.8) is 0 Å². The second kappa shape index (κ2) is 15.7. The smallest absolute Gasteiger partial charge is 0.303 e. The van der Waals surface area contributed by atoms with Gasteiger partial charge in [0, 0.05) is 12.8 Å². The quantitative estimate of drug-likeness (QED) is 0.302. The first-order chi connectivity index (χ1) is 11.6. The number of carbonyl (C=O) groups is 2. The molecule has 24 heavy (non-hydrogen) atoms. The van der Waals surface area contributed by atoms with Crippen molar-refractivity contribution in [1.29, 1.82) is 0 Å². The standard InChI is InChI=1S/C20H28O4/c1-2-3-4-5-6-9-13-18(21)14-10-7-8-11-15-19(22)16-12-17-20(23)24/h3-4,6-11,14-15,18,21H,2,5,12-13,16-17H2,1H3,(H,23,24). The molecule has 0 aromatic heterocycles. The van der Waals surface area contributed by atoms with Gasteiger partial charge in [-0.2, -0.15) is 0 Å². The minimum Gasteiger partial charge on any atom is -0.481 e. The summed E-state index contributed by atoms with van der Waals surface area (Å²) in [6.07, 6.45) is 20.6. The summed E-state index contributed by atoms with van der Waals surface area (Å²) in [7, 11) is 0. The van der Waals surface area contributed by atoms with Crippen LogP contribution in [-0.4, -0.2) is 28.1 Å². The Morgan fingerprint density at radius 3 is 2.38 bits per heavy atom. The summed E-state index contributed by atoms with van der Waals surface area (Å²) in [6, 6.07) is 0. The molecule has 0 fully saturated rings. The Balaban J connectivity index is 3.89. The van der Waals surface area contributed by atoms with Gasteiger partial charge in [0.05, 0.1) is 6.10 Å². The maximum Gasteiger partial charge on any atom is 0.303 e. The molecule has 0 aliphatic rings. The average Bonchev–Trinajstić information content (AvgIpc) is 2.53. The third-order valence-corrected chi connectivity index (χ3v) is 2.98. The zero-order valence-corrected chi connectivity index (χ0v) is 14.3. The lowest BCUT2D eigenvalue weighted by molar-refractivity contribution is -0.137. The van der Waals surface area contributed by atoms with Crippen molar-refractivity contribution < 1.29 is 19.8 Å². The SMILES string of the molecule is CCC=CCC=CCC(O)C=CC=CC=CC(=O)CCCC(=O)O. The fraction of sp³-hybridized carbons (Fsp3) is 0.400. The van der Waals surface area contributed by atoms with Gasteiger partial charge in [0.1, 0.15) is 0 Å². The number of carboxylic acid groups (broad SMARTS) is 1. The van der Waals surface area contributed by atoms with E-state index in [-0.39, 0.29) is 18.6 Å². The van der Waals surface area contributed by atoms with Crippen molar-refractivity contribution in [3.05, 3.63) is 60.8 Å². The molecule has 1 unspecified atom stereocenters. The van der Waals surface area contributed by atoms with E-state index in [9.17, 15) is 14.7 Å². The van der Waals surface area contributed by atoms with Crippen LogP contribution in [0.2, 0.25) is 0 Å². The number of hydrogen-bond donors (Lipinski definition) is 2. The van der Waals surface area contributed by atoms with Gasteiger partial charge in [0.25, 0.3) is 0 Å². The number of aliphatic hydroxyl groups is 1. The molecule has 0 bridgehead atoms. The van der Waals surface area contributed by atoms with Crippen LogP contribution < -0.4 is 0 Å². The molecule has 0 aliphatic heterocycles. The fourth-order valence-corrected chi connectivity index (χ4v) is 1.73. The molecular weight excluding hydrogens is 304 g/mol. The Hall–Kier alpha value is -2.20. The van der Waals surface area contributed by atoms with Gasteiger partial charge < -0.3 is 10.2 Å². The van der Waals surface area contributed by atoms with E-state index in [1.54, 1.807) is 30.4 Å². The van der Waals surface area contributed by atoms with Crippen LogP contribution in [0.4, 0.5) is 0 Å². The molecule has 0 saturated heterocycles. The van der Waals surface area contributed by atoms with E-state index < -0.39 is 12.1 Å². The summed E-state index contributed by atoms with van der Waals surface area (Å²) in [5.41, 5.74) is 0. The lowest BCUT2D eigenvalue weighted by Crippen LogP contribution is -1.98. The van der Waals surface area contributed by atoms with Crippen LogP contribution in [0.3, 0.4) is 0 Å². The Kier molecular flexibility index (Phi) is 14.2. The van der Waals surface area contributed by atoms with E-state index in [1.165, 1.54) is 6.08 Å². The number of aliphatic carboxylic acids is 1. The van der Waals surface area contributed by atoms with Crippen LogP contribution in [0.5, 0.6) is 0 Å². The van der Waals surface area contributed by atoms with Crippen molar-refractivity contribution in [1.82, 2.24) is 0 Å². The highest BCUT2D eigenvalue weighted by molar-refractivity contribution is 5.90. The fourth-order valence-electron chi connectivity index (χ4n) is 1.73. The minimum atomic E-state index is -0.886. The van der Waals surface area contributed by atoms with Crippen LogP contribution in [-0.2, 0) is 9.59 Å². The molecule has 0 aromatic carbocycles. The first-order valence-electron chi connectivity index (χ1n) is 8.30. The zero-order chi connectivity index (χ0) is 18.0. The number of ketones is 1. The van der Waals surface area contributed by atoms with E-state index in [2.05, 4.69) is 19.1 Å². The number of allylic oxidation sites excluding steroid dienone is 8. The normalized spacial score (nSPS) is 13.9. The molecule has 0 aliphatic carbocycles. The van der Waals surface area contributed by atoms with Crippen molar-refractivity contribution in [2.75, 3.05) is 0 Å². The summed E-state index contributed by atoms with van der Waals surface area (Å²) >= 11 is 0. The van der Waals surface area contributed by atoms with Crippen molar-refractivity contribution in [2.24, 2.45) is 0 Å². The molecule has 132 valence electrons. The number of carbonyl (C=O) groups excluding carboxylic acids is 1. The van der Waals surface area contributed by atoms with Gasteiger partial charge in [-0.05, 0) is 31.8 Å². The molecule has 4 heteroatoms. The van der Waals surface area contributed by atoms with Crippen molar-refractivity contribution in [2.45, 2.75) is 51.6 Å². The number of carboxylic acids is 1. The molecule has 2 N–H and O–H groups in total. The van der Waals surface area contributed by atoms with Crippen LogP contribution in [0.15, 0.2) is 60.8 Å². The van der Waals surface area contributed by atoms with Gasteiger partial charge in [-0.25, -0.2) is 0 Å². The summed E-state index contributed by atoms with van der Waals surface area (Å²) in [5, 5.41) is 18.2. The number of aliphatic hydroxyl groups excluding tert-OH is 1. The molecule has 1 atom stereocenters. The van der Waals surface area contributed by atoms with Crippen LogP contribution in [0.1, 0.15) is 45.4 Å². The number of rotatable bonds is 13. The summed E-state index contributed by atoms with van der Waals surface area (Å²) in [5.74, 6) is -0.977. The highest BCUT2D eigenvalue weighted by atomic mass is 16.4. The van der Waals surface area contributed by atoms with Gasteiger partial charge in [-0.1, -0.05) is 61.6 Å². The van der Waals surface area contributed by atoms with Crippen molar-refractivity contribution in [3.8, 4) is 0 Å². The third kappa shape index (κ3) is 16.2. The monoisotopic (exact) mass is 332 g/mol. The first-order valence-corrected chi connectivity index (χ1v) is 8.30. The topological polar surface area (TPSA) is 74.6 Å². The Morgan fingerprint density at radius 2 is 1.67 bits per heavy atom. The van der Waals surface area contributed by atoms with Gasteiger partial charge in [-0.3, -0.25) is 9.59 Å². The minimum absolute atomic E-state index is 0.0133. The first kappa shape index (κ1) is 21.8. The molecule has 0 amide bonds. The van der Waals surface area contributed by atoms with E-state index in [1.807, 2.05) is 12.2 Å².